The average molecular weight is 148 g/mol. The Morgan fingerprint density at radius 2 is 2.00 bits per heavy atom. The quantitative estimate of drug-likeness (QED) is 0.547. The highest BCUT2D eigenvalue weighted by atomic mass is 32.2. The van der Waals surface area contributed by atoms with Crippen LogP contribution in [0.5, 0.6) is 0 Å². The molecule has 0 atom stereocenters. The molecule has 0 aromatic rings. The van der Waals surface area contributed by atoms with E-state index in [2.05, 4.69) is 0 Å². The first-order valence-electron chi connectivity index (χ1n) is 3.01. The van der Waals surface area contributed by atoms with Gasteiger partial charge in [-0.3, -0.25) is 0 Å². The zero-order chi connectivity index (χ0) is 6.74. The fraction of sp³-hybridized carbons (Fsp3) is 1.00. The molecule has 1 aliphatic rings. The minimum absolute atomic E-state index is 0.259. The Hall–Kier alpha value is 0.270. The van der Waals surface area contributed by atoms with E-state index in [1.165, 1.54) is 0 Å². The van der Waals surface area contributed by atoms with E-state index in [9.17, 15) is 0 Å². The molecule has 1 saturated heterocycles. The lowest BCUT2D eigenvalue weighted by Crippen LogP contribution is -2.32. The first-order valence-corrected chi connectivity index (χ1v) is 4.16. The van der Waals surface area contributed by atoms with Gasteiger partial charge in [0.05, 0.1) is 0 Å². The van der Waals surface area contributed by atoms with Crippen LogP contribution in [0.4, 0.5) is 0 Å². The van der Waals surface area contributed by atoms with Gasteiger partial charge in [0.2, 0.25) is 0 Å². The van der Waals surface area contributed by atoms with Crippen LogP contribution in [0.25, 0.3) is 0 Å². The number of rotatable bonds is 2. The molecule has 1 fully saturated rings. The fourth-order valence-corrected chi connectivity index (χ4v) is 2.22. The summed E-state index contributed by atoms with van der Waals surface area (Å²) in [5.74, 6) is 1.87. The van der Waals surface area contributed by atoms with Crippen LogP contribution < -0.4 is 0 Å². The van der Waals surface area contributed by atoms with Crippen LogP contribution in [-0.4, -0.2) is 31.5 Å². The molecule has 1 aliphatic heterocycles. The molecule has 0 aliphatic carbocycles. The molecule has 3 heteroatoms. The molecule has 9 heavy (non-hydrogen) atoms. The molecule has 54 valence electrons. The molecule has 0 radical (unpaired) electrons. The first kappa shape index (κ1) is 7.38. The molecule has 0 spiro atoms. The molecule has 2 nitrogen and oxygen atoms in total. The van der Waals surface area contributed by atoms with Gasteiger partial charge < -0.3 is 9.47 Å². The van der Waals surface area contributed by atoms with Crippen molar-refractivity contribution in [3.8, 4) is 0 Å². The Bertz CT molecular complexity index is 83.1. The maximum atomic E-state index is 5.20. The van der Waals surface area contributed by atoms with Crippen LogP contribution in [0.2, 0.25) is 0 Å². The second kappa shape index (κ2) is 2.90. The zero-order valence-corrected chi connectivity index (χ0v) is 6.66. The van der Waals surface area contributed by atoms with Gasteiger partial charge in [-0.25, -0.2) is 0 Å². The van der Waals surface area contributed by atoms with Gasteiger partial charge in [0, 0.05) is 26.4 Å². The average Bonchev–Trinajstić information content (AvgIpc) is 2.36. The van der Waals surface area contributed by atoms with E-state index in [4.69, 9.17) is 9.47 Å². The highest BCUT2D eigenvalue weighted by molar-refractivity contribution is 7.99. The third-order valence-corrected chi connectivity index (χ3v) is 2.83. The SMILES string of the molecule is COC1(OC)CCSC1. The van der Waals surface area contributed by atoms with Crippen molar-refractivity contribution in [3.63, 3.8) is 0 Å². The minimum atomic E-state index is -0.259. The lowest BCUT2D eigenvalue weighted by molar-refractivity contribution is -0.186. The van der Waals surface area contributed by atoms with E-state index in [-0.39, 0.29) is 5.79 Å². The summed E-state index contributed by atoms with van der Waals surface area (Å²) in [5, 5.41) is 0. The van der Waals surface area contributed by atoms with Crippen LogP contribution in [0.15, 0.2) is 0 Å². The van der Waals surface area contributed by atoms with Crippen LogP contribution in [0, 0.1) is 0 Å². The predicted octanol–water partition coefficient (Wildman–Crippen LogP) is 1.11. The number of hydrogen-bond acceptors (Lipinski definition) is 3. The van der Waals surface area contributed by atoms with Crippen molar-refractivity contribution in [3.05, 3.63) is 0 Å². The highest BCUT2D eigenvalue weighted by Gasteiger charge is 2.33. The van der Waals surface area contributed by atoms with Crippen LogP contribution in [0.3, 0.4) is 0 Å². The smallest absolute Gasteiger partial charge is 0.177 e. The Kier molecular flexibility index (Phi) is 2.38. The predicted molar refractivity (Wildman–Crippen MR) is 38.7 cm³/mol. The van der Waals surface area contributed by atoms with Crippen molar-refractivity contribution < 1.29 is 9.47 Å². The van der Waals surface area contributed by atoms with E-state index in [1.807, 2.05) is 11.8 Å². The summed E-state index contributed by atoms with van der Waals surface area (Å²) in [6.07, 6.45) is 1.02. The maximum absolute atomic E-state index is 5.20. The summed E-state index contributed by atoms with van der Waals surface area (Å²) >= 11 is 1.88. The molecular formula is C6H12O2S. The topological polar surface area (TPSA) is 18.5 Å². The third kappa shape index (κ3) is 1.39. The summed E-state index contributed by atoms with van der Waals surface area (Å²) in [7, 11) is 3.41. The Morgan fingerprint density at radius 1 is 1.33 bits per heavy atom. The standard InChI is InChI=1S/C6H12O2S/c1-7-6(8-2)3-4-9-5-6/h3-5H2,1-2H3. The molecule has 1 rings (SSSR count). The van der Waals surface area contributed by atoms with Crippen molar-refractivity contribution in [1.82, 2.24) is 0 Å². The van der Waals surface area contributed by atoms with E-state index in [1.54, 1.807) is 14.2 Å². The molecule has 0 saturated carbocycles. The number of thioether (sulfide) groups is 1. The van der Waals surface area contributed by atoms with Crippen LogP contribution in [-0.2, 0) is 9.47 Å². The van der Waals surface area contributed by atoms with Crippen molar-refractivity contribution in [2.24, 2.45) is 0 Å². The van der Waals surface area contributed by atoms with E-state index in [0.717, 1.165) is 17.9 Å². The zero-order valence-electron chi connectivity index (χ0n) is 5.85. The van der Waals surface area contributed by atoms with Crippen molar-refractivity contribution >= 4 is 11.8 Å². The number of methoxy groups -OCH3 is 2. The summed E-state index contributed by atoms with van der Waals surface area (Å²) < 4.78 is 10.4. The maximum Gasteiger partial charge on any atom is 0.177 e. The van der Waals surface area contributed by atoms with E-state index in [0.29, 0.717) is 0 Å². The summed E-state index contributed by atoms with van der Waals surface area (Å²) in [4.78, 5) is 0. The summed E-state index contributed by atoms with van der Waals surface area (Å²) in [6, 6.07) is 0. The monoisotopic (exact) mass is 148 g/mol. The molecule has 0 N–H and O–H groups in total. The Morgan fingerprint density at radius 3 is 2.22 bits per heavy atom. The van der Waals surface area contributed by atoms with Crippen LogP contribution >= 0.6 is 11.8 Å². The molecule has 0 aromatic heterocycles. The second-order valence-corrected chi connectivity index (χ2v) is 3.23. The minimum Gasteiger partial charge on any atom is -0.352 e. The molecule has 0 aromatic carbocycles. The van der Waals surface area contributed by atoms with Crippen molar-refractivity contribution in [2.45, 2.75) is 12.2 Å². The number of ether oxygens (including phenoxy) is 2. The Balaban J connectivity index is 2.45. The summed E-state index contributed by atoms with van der Waals surface area (Å²) in [5.41, 5.74) is 0. The van der Waals surface area contributed by atoms with Gasteiger partial charge in [0.25, 0.3) is 0 Å². The first-order chi connectivity index (χ1) is 4.33. The molecule has 1 heterocycles. The highest BCUT2D eigenvalue weighted by Crippen LogP contribution is 2.30. The second-order valence-electron chi connectivity index (χ2n) is 2.12. The van der Waals surface area contributed by atoms with Crippen LogP contribution in [0.1, 0.15) is 6.42 Å². The molecule has 0 amide bonds. The molecular weight excluding hydrogens is 136 g/mol. The molecule has 0 unspecified atom stereocenters. The molecule has 0 bridgehead atoms. The van der Waals surface area contributed by atoms with Gasteiger partial charge in [-0.1, -0.05) is 0 Å². The van der Waals surface area contributed by atoms with Crippen molar-refractivity contribution in [1.29, 1.82) is 0 Å². The number of hydrogen-bond donors (Lipinski definition) is 0. The van der Waals surface area contributed by atoms with E-state index >= 15 is 0 Å². The van der Waals surface area contributed by atoms with Gasteiger partial charge in [-0.15, -0.1) is 0 Å². The largest absolute Gasteiger partial charge is 0.352 e. The van der Waals surface area contributed by atoms with E-state index < -0.39 is 0 Å². The van der Waals surface area contributed by atoms with Crippen molar-refractivity contribution in [2.75, 3.05) is 25.7 Å². The van der Waals surface area contributed by atoms with Gasteiger partial charge in [-0.2, -0.15) is 11.8 Å². The normalized spacial score (nSPS) is 24.7. The third-order valence-electron chi connectivity index (χ3n) is 1.69. The lowest BCUT2D eigenvalue weighted by Gasteiger charge is -2.23. The van der Waals surface area contributed by atoms with Gasteiger partial charge >= 0.3 is 0 Å². The van der Waals surface area contributed by atoms with Gasteiger partial charge in [0.1, 0.15) is 0 Å². The Labute approximate surface area is 59.9 Å². The van der Waals surface area contributed by atoms with Gasteiger partial charge in [-0.05, 0) is 5.75 Å². The van der Waals surface area contributed by atoms with Gasteiger partial charge in [0.15, 0.2) is 5.79 Å². The fourth-order valence-electron chi connectivity index (χ4n) is 0.933. The summed E-state index contributed by atoms with van der Waals surface area (Å²) in [6.45, 7) is 0. The lowest BCUT2D eigenvalue weighted by atomic mass is 10.2.